The molecule has 1 aromatic heterocycles. The number of halogens is 2. The minimum atomic E-state index is -4.02. The van der Waals surface area contributed by atoms with E-state index in [9.17, 15) is 18.3 Å². The summed E-state index contributed by atoms with van der Waals surface area (Å²) >= 11 is 12.1. The lowest BCUT2D eigenvalue weighted by Gasteiger charge is -2.31. The highest BCUT2D eigenvalue weighted by molar-refractivity contribution is 7.89. The van der Waals surface area contributed by atoms with E-state index in [1.165, 1.54) is 8.87 Å². The lowest BCUT2D eigenvalue weighted by Crippen LogP contribution is -2.47. The summed E-state index contributed by atoms with van der Waals surface area (Å²) in [6.07, 6.45) is 0. The van der Waals surface area contributed by atoms with E-state index < -0.39 is 16.0 Å². The SMILES string of the molecule is CN1CCN(S(=O)(=O)c2c(C(=O)O)n(Cc3ccc(Cl)c(Cl)c3)c3ccccc23)CC1. The van der Waals surface area contributed by atoms with Gasteiger partial charge in [-0.05, 0) is 30.8 Å². The lowest BCUT2D eigenvalue weighted by atomic mass is 10.2. The van der Waals surface area contributed by atoms with Gasteiger partial charge < -0.3 is 14.6 Å². The molecular weight excluding hydrogens is 461 g/mol. The van der Waals surface area contributed by atoms with Crippen LogP contribution in [0.5, 0.6) is 0 Å². The van der Waals surface area contributed by atoms with Crippen molar-refractivity contribution in [2.24, 2.45) is 0 Å². The predicted octanol–water partition coefficient (Wildman–Crippen LogP) is 3.63. The summed E-state index contributed by atoms with van der Waals surface area (Å²) in [7, 11) is -2.09. The van der Waals surface area contributed by atoms with Crippen LogP contribution in [0.1, 0.15) is 16.1 Å². The van der Waals surface area contributed by atoms with Gasteiger partial charge in [-0.1, -0.05) is 47.5 Å². The van der Waals surface area contributed by atoms with Crippen molar-refractivity contribution < 1.29 is 18.3 Å². The number of carbonyl (C=O) groups is 1. The Morgan fingerprint density at radius 1 is 1.03 bits per heavy atom. The number of benzene rings is 2. The quantitative estimate of drug-likeness (QED) is 0.601. The van der Waals surface area contributed by atoms with Gasteiger partial charge in [0.25, 0.3) is 0 Å². The molecule has 0 atom stereocenters. The number of carboxylic acid groups (broad SMARTS) is 1. The molecule has 164 valence electrons. The van der Waals surface area contributed by atoms with Crippen LogP contribution in [-0.4, -0.2) is 66.5 Å². The first-order valence-corrected chi connectivity index (χ1v) is 11.9. The Bertz CT molecular complexity index is 1270. The van der Waals surface area contributed by atoms with E-state index in [1.807, 2.05) is 11.9 Å². The number of nitrogens with zero attached hydrogens (tertiary/aromatic N) is 3. The molecule has 3 aromatic rings. The van der Waals surface area contributed by atoms with Crippen molar-refractivity contribution in [2.75, 3.05) is 33.2 Å². The number of para-hydroxylation sites is 1. The Morgan fingerprint density at radius 2 is 1.71 bits per heavy atom. The van der Waals surface area contributed by atoms with Gasteiger partial charge in [-0.15, -0.1) is 0 Å². The van der Waals surface area contributed by atoms with Gasteiger partial charge >= 0.3 is 5.97 Å². The summed E-state index contributed by atoms with van der Waals surface area (Å²) in [6, 6.07) is 11.9. The first-order chi connectivity index (χ1) is 14.7. The predicted molar refractivity (Wildman–Crippen MR) is 121 cm³/mol. The van der Waals surface area contributed by atoms with E-state index in [0.29, 0.717) is 52.7 Å². The van der Waals surface area contributed by atoms with Crippen molar-refractivity contribution in [3.8, 4) is 0 Å². The number of rotatable bonds is 5. The van der Waals surface area contributed by atoms with Crippen molar-refractivity contribution in [1.82, 2.24) is 13.8 Å². The van der Waals surface area contributed by atoms with Crippen molar-refractivity contribution in [2.45, 2.75) is 11.4 Å². The molecule has 4 rings (SSSR count). The minimum Gasteiger partial charge on any atom is -0.477 e. The molecule has 0 unspecified atom stereocenters. The van der Waals surface area contributed by atoms with Gasteiger partial charge in [-0.2, -0.15) is 4.31 Å². The van der Waals surface area contributed by atoms with Crippen LogP contribution in [-0.2, 0) is 16.6 Å². The van der Waals surface area contributed by atoms with Gasteiger partial charge in [-0.3, -0.25) is 0 Å². The molecule has 1 N–H and O–H groups in total. The van der Waals surface area contributed by atoms with Crippen LogP contribution in [0.3, 0.4) is 0 Å². The molecule has 1 saturated heterocycles. The van der Waals surface area contributed by atoms with Crippen LogP contribution in [0.4, 0.5) is 0 Å². The zero-order valence-electron chi connectivity index (χ0n) is 16.8. The Kier molecular flexibility index (Phi) is 6.02. The van der Waals surface area contributed by atoms with Gasteiger partial charge in [0, 0.05) is 38.1 Å². The Labute approximate surface area is 190 Å². The molecule has 0 saturated carbocycles. The maximum atomic E-state index is 13.6. The second-order valence-corrected chi connectivity index (χ2v) is 10.2. The molecule has 0 spiro atoms. The zero-order valence-corrected chi connectivity index (χ0v) is 19.1. The van der Waals surface area contributed by atoms with E-state index >= 15 is 0 Å². The van der Waals surface area contributed by atoms with Crippen LogP contribution in [0.25, 0.3) is 10.9 Å². The van der Waals surface area contributed by atoms with Gasteiger partial charge in [0.2, 0.25) is 10.0 Å². The lowest BCUT2D eigenvalue weighted by molar-refractivity contribution is 0.0681. The van der Waals surface area contributed by atoms with E-state index in [2.05, 4.69) is 0 Å². The number of carboxylic acids is 1. The number of piperazine rings is 1. The second-order valence-electron chi connectivity index (χ2n) is 7.54. The highest BCUT2D eigenvalue weighted by Crippen LogP contribution is 2.34. The summed E-state index contributed by atoms with van der Waals surface area (Å²) in [4.78, 5) is 14.2. The fourth-order valence-corrected chi connectivity index (χ4v) is 6.00. The van der Waals surface area contributed by atoms with Crippen LogP contribution >= 0.6 is 23.2 Å². The third-order valence-corrected chi connectivity index (χ3v) is 8.23. The Hall–Kier alpha value is -2.10. The summed E-state index contributed by atoms with van der Waals surface area (Å²) in [5.74, 6) is -1.30. The van der Waals surface area contributed by atoms with Crippen LogP contribution in [0, 0.1) is 0 Å². The molecule has 0 aliphatic carbocycles. The summed E-state index contributed by atoms with van der Waals surface area (Å²) < 4.78 is 30.1. The van der Waals surface area contributed by atoms with Gasteiger partial charge in [-0.25, -0.2) is 13.2 Å². The number of hydrogen-bond acceptors (Lipinski definition) is 4. The maximum Gasteiger partial charge on any atom is 0.353 e. The molecule has 1 fully saturated rings. The number of sulfonamides is 1. The normalized spacial score (nSPS) is 16.1. The number of hydrogen-bond donors (Lipinski definition) is 1. The average Bonchev–Trinajstić information content (AvgIpc) is 3.06. The first kappa shape index (κ1) is 22.1. The summed E-state index contributed by atoms with van der Waals surface area (Å²) in [5.41, 5.74) is 0.978. The molecule has 0 bridgehead atoms. The molecule has 2 aromatic carbocycles. The second kappa shape index (κ2) is 8.44. The Morgan fingerprint density at radius 3 is 2.35 bits per heavy atom. The average molecular weight is 482 g/mol. The summed E-state index contributed by atoms with van der Waals surface area (Å²) in [6.45, 7) is 1.93. The molecular formula is C21H21Cl2N3O4S. The van der Waals surface area contributed by atoms with Gasteiger partial charge in [0.05, 0.1) is 15.6 Å². The van der Waals surface area contributed by atoms with Crippen molar-refractivity contribution in [3.63, 3.8) is 0 Å². The third-order valence-electron chi connectivity index (χ3n) is 5.51. The first-order valence-electron chi connectivity index (χ1n) is 9.67. The van der Waals surface area contributed by atoms with E-state index in [1.54, 1.807) is 42.5 Å². The molecule has 2 heterocycles. The van der Waals surface area contributed by atoms with Crippen LogP contribution in [0.15, 0.2) is 47.4 Å². The third kappa shape index (κ3) is 4.06. The van der Waals surface area contributed by atoms with Gasteiger partial charge in [0.15, 0.2) is 0 Å². The highest BCUT2D eigenvalue weighted by atomic mass is 35.5. The van der Waals surface area contributed by atoms with Crippen molar-refractivity contribution in [1.29, 1.82) is 0 Å². The summed E-state index contributed by atoms with van der Waals surface area (Å²) in [5, 5.41) is 11.2. The van der Waals surface area contributed by atoms with Crippen molar-refractivity contribution >= 4 is 50.1 Å². The molecule has 31 heavy (non-hydrogen) atoms. The maximum absolute atomic E-state index is 13.6. The number of likely N-dealkylation sites (N-methyl/N-ethyl adjacent to an activating group) is 1. The largest absolute Gasteiger partial charge is 0.477 e. The highest BCUT2D eigenvalue weighted by Gasteiger charge is 2.36. The van der Waals surface area contributed by atoms with Gasteiger partial charge in [0.1, 0.15) is 10.6 Å². The fourth-order valence-electron chi connectivity index (χ4n) is 3.89. The molecule has 1 aliphatic heterocycles. The van der Waals surface area contributed by atoms with E-state index in [4.69, 9.17) is 23.2 Å². The van der Waals surface area contributed by atoms with E-state index in [-0.39, 0.29) is 17.1 Å². The molecule has 0 amide bonds. The van der Waals surface area contributed by atoms with Crippen molar-refractivity contribution in [3.05, 3.63) is 63.8 Å². The van der Waals surface area contributed by atoms with Crippen LogP contribution in [0.2, 0.25) is 10.0 Å². The molecule has 10 heteroatoms. The number of aromatic carboxylic acids is 1. The molecule has 1 aliphatic rings. The molecule has 7 nitrogen and oxygen atoms in total. The van der Waals surface area contributed by atoms with Crippen LogP contribution < -0.4 is 0 Å². The van der Waals surface area contributed by atoms with E-state index in [0.717, 1.165) is 0 Å². The number of aromatic nitrogens is 1. The number of fused-ring (bicyclic) bond motifs is 1. The Balaban J connectivity index is 1.91. The zero-order chi connectivity index (χ0) is 22.3. The minimum absolute atomic E-state index is 0.136. The fraction of sp³-hybridized carbons (Fsp3) is 0.286. The topological polar surface area (TPSA) is 82.8 Å². The molecule has 0 radical (unpaired) electrons. The smallest absolute Gasteiger partial charge is 0.353 e. The standard InChI is InChI=1S/C21H21Cl2N3O4S/c1-24-8-10-25(11-9-24)31(29,30)20-15-4-2-3-5-18(15)26(19(20)21(27)28)13-14-6-7-16(22)17(23)12-14/h2-7,12H,8-11,13H2,1H3,(H,27,28). The monoisotopic (exact) mass is 481 g/mol.